The van der Waals surface area contributed by atoms with Crippen LogP contribution in [0.1, 0.15) is 181 Å². The molecule has 0 bridgehead atoms. The van der Waals surface area contributed by atoms with Crippen molar-refractivity contribution in [2.24, 2.45) is 11.8 Å². The minimum atomic E-state index is -0.447. The van der Waals surface area contributed by atoms with E-state index in [4.69, 9.17) is 33.2 Å². The van der Waals surface area contributed by atoms with Crippen LogP contribution in [0, 0.1) is 11.8 Å². The molecule has 5 saturated heterocycles. The summed E-state index contributed by atoms with van der Waals surface area (Å²) < 4.78 is 40.6. The Hall–Kier alpha value is -1.26. The average molecular weight is 747 g/mol. The summed E-state index contributed by atoms with van der Waals surface area (Å²) in [5.41, 5.74) is 0. The van der Waals surface area contributed by atoms with Crippen molar-refractivity contribution in [1.82, 2.24) is 0 Å². The van der Waals surface area contributed by atoms with E-state index in [0.29, 0.717) is 74.9 Å². The van der Waals surface area contributed by atoms with Gasteiger partial charge in [-0.3, -0.25) is 9.59 Å². The number of fused-ring (bicyclic) bond motifs is 1. The van der Waals surface area contributed by atoms with E-state index in [1.54, 1.807) is 0 Å². The zero-order valence-corrected chi connectivity index (χ0v) is 33.4. The average Bonchev–Trinajstić information content (AvgIpc) is 3.91. The molecule has 304 valence electrons. The van der Waals surface area contributed by atoms with Crippen molar-refractivity contribution < 1.29 is 42.7 Å². The fourth-order valence-corrected chi connectivity index (χ4v) is 9.02. The molecule has 6 fully saturated rings. The van der Waals surface area contributed by atoms with Gasteiger partial charge in [-0.15, -0.1) is 0 Å². The summed E-state index contributed by atoms with van der Waals surface area (Å²) in [5, 5.41) is 0. The van der Waals surface area contributed by atoms with Gasteiger partial charge in [0, 0.05) is 12.8 Å². The lowest BCUT2D eigenvalue weighted by Crippen LogP contribution is -2.37. The van der Waals surface area contributed by atoms with Crippen LogP contribution in [0.15, 0.2) is 0 Å². The zero-order chi connectivity index (χ0) is 36.8. The summed E-state index contributed by atoms with van der Waals surface area (Å²) in [5.74, 6) is -1.40. The van der Waals surface area contributed by atoms with Crippen LogP contribution in [0.4, 0.5) is 0 Å². The minimum Gasteiger partial charge on any atom is -0.465 e. The van der Waals surface area contributed by atoms with Gasteiger partial charge in [-0.1, -0.05) is 117 Å². The van der Waals surface area contributed by atoms with E-state index in [0.717, 1.165) is 51.4 Å². The number of hydrogen-bond acceptors (Lipinski definition) is 9. The molecule has 0 N–H and O–H groups in total. The van der Waals surface area contributed by atoms with Crippen LogP contribution in [0.2, 0.25) is 0 Å². The number of rotatable bonds is 32. The number of epoxide rings is 5. The van der Waals surface area contributed by atoms with Crippen molar-refractivity contribution in [1.29, 1.82) is 0 Å². The van der Waals surface area contributed by atoms with Crippen molar-refractivity contribution >= 4 is 11.9 Å². The lowest BCUT2D eigenvalue weighted by Gasteiger charge is -2.26. The Morgan fingerprint density at radius 1 is 0.415 bits per heavy atom. The fraction of sp³-hybridized carbons (Fsp3) is 0.955. The van der Waals surface area contributed by atoms with Crippen LogP contribution in [-0.4, -0.2) is 86.2 Å². The third-order valence-corrected chi connectivity index (χ3v) is 12.9. The highest BCUT2D eigenvalue weighted by Gasteiger charge is 2.54. The molecule has 6 aliphatic rings. The summed E-state index contributed by atoms with van der Waals surface area (Å²) in [4.78, 5) is 26.1. The van der Waals surface area contributed by atoms with Gasteiger partial charge >= 0.3 is 11.9 Å². The molecule has 0 aromatic rings. The predicted molar refractivity (Wildman–Crippen MR) is 204 cm³/mol. The van der Waals surface area contributed by atoms with E-state index in [9.17, 15) is 9.59 Å². The molecule has 9 heteroatoms. The van der Waals surface area contributed by atoms with E-state index in [1.165, 1.54) is 103 Å². The number of unbranched alkanes of at least 4 members (excludes halogenated alkanes) is 14. The molecule has 0 amide bonds. The lowest BCUT2D eigenvalue weighted by molar-refractivity contribution is -0.162. The van der Waals surface area contributed by atoms with Crippen molar-refractivity contribution in [3.8, 4) is 0 Å². The molecular formula is C44H74O9. The molecule has 1 aliphatic carbocycles. The predicted octanol–water partition coefficient (Wildman–Crippen LogP) is 9.34. The second-order valence-electron chi connectivity index (χ2n) is 17.4. The summed E-state index contributed by atoms with van der Waals surface area (Å²) in [6, 6.07) is 0. The van der Waals surface area contributed by atoms with Crippen molar-refractivity contribution in [3.63, 3.8) is 0 Å². The first-order chi connectivity index (χ1) is 26.0. The Labute approximate surface area is 321 Å². The first-order valence-electron chi connectivity index (χ1n) is 22.6. The molecule has 1 saturated carbocycles. The minimum absolute atomic E-state index is 0.0969. The van der Waals surface area contributed by atoms with Crippen LogP contribution < -0.4 is 0 Å². The monoisotopic (exact) mass is 747 g/mol. The molecule has 0 aromatic carbocycles. The highest BCUT2D eigenvalue weighted by molar-refractivity contribution is 5.82. The van der Waals surface area contributed by atoms with Crippen molar-refractivity contribution in [2.45, 2.75) is 242 Å². The van der Waals surface area contributed by atoms with Crippen LogP contribution in [0.3, 0.4) is 0 Å². The molecular weight excluding hydrogens is 672 g/mol. The van der Waals surface area contributed by atoms with Gasteiger partial charge in [0.25, 0.3) is 0 Å². The molecule has 53 heavy (non-hydrogen) atoms. The highest BCUT2D eigenvalue weighted by Crippen LogP contribution is 2.44. The first kappa shape index (κ1) is 41.4. The molecule has 9 nitrogen and oxygen atoms in total. The molecule has 0 radical (unpaired) electrons. The maximum atomic E-state index is 13.0. The third kappa shape index (κ3) is 14.6. The summed E-state index contributed by atoms with van der Waals surface area (Å²) >= 11 is 0. The maximum absolute atomic E-state index is 13.0. The van der Waals surface area contributed by atoms with E-state index in [1.807, 2.05) is 0 Å². The topological polar surface area (TPSA) is 115 Å². The second-order valence-corrected chi connectivity index (χ2v) is 17.4. The van der Waals surface area contributed by atoms with Crippen molar-refractivity contribution in [2.75, 3.05) is 13.2 Å². The normalized spacial score (nSPS) is 34.7. The Balaban J connectivity index is 0.710. The second kappa shape index (κ2) is 21.9. The van der Waals surface area contributed by atoms with Gasteiger partial charge < -0.3 is 33.2 Å². The molecule has 12 unspecified atom stereocenters. The SMILES string of the molecule is CCCCCC1OC1CC1OC1CCCCCCCCOC(=O)C1CC2OC2CC1C(=O)OCCCCCCCCC1OC1CC1OC1CCCCC. The first-order valence-corrected chi connectivity index (χ1v) is 22.6. The Bertz CT molecular complexity index is 1000. The fourth-order valence-electron chi connectivity index (χ4n) is 9.02. The third-order valence-electron chi connectivity index (χ3n) is 12.9. The largest absolute Gasteiger partial charge is 0.465 e. The zero-order valence-electron chi connectivity index (χ0n) is 33.4. The van der Waals surface area contributed by atoms with Crippen LogP contribution in [0.25, 0.3) is 0 Å². The lowest BCUT2D eigenvalue weighted by atomic mass is 9.79. The van der Waals surface area contributed by atoms with Gasteiger partial charge in [-0.2, -0.15) is 0 Å². The Morgan fingerprint density at radius 3 is 1.09 bits per heavy atom. The van der Waals surface area contributed by atoms with Gasteiger partial charge in [0.2, 0.25) is 0 Å². The van der Waals surface area contributed by atoms with E-state index < -0.39 is 11.8 Å². The van der Waals surface area contributed by atoms with Gasteiger partial charge in [0.15, 0.2) is 0 Å². The molecule has 12 atom stereocenters. The molecule has 0 spiro atoms. The quantitative estimate of drug-likeness (QED) is 0.0377. The highest BCUT2D eigenvalue weighted by atomic mass is 16.6. The van der Waals surface area contributed by atoms with E-state index in [-0.39, 0.29) is 24.1 Å². The molecule has 6 rings (SSSR count). The number of esters is 2. The number of ether oxygens (including phenoxy) is 7. The molecule has 0 aromatic heterocycles. The summed E-state index contributed by atoms with van der Waals surface area (Å²) in [6.07, 6.45) is 33.2. The van der Waals surface area contributed by atoms with Gasteiger partial charge in [-0.25, -0.2) is 0 Å². The van der Waals surface area contributed by atoms with Crippen LogP contribution >= 0.6 is 0 Å². The molecule has 5 heterocycles. The summed E-state index contributed by atoms with van der Waals surface area (Å²) in [7, 11) is 0. The summed E-state index contributed by atoms with van der Waals surface area (Å²) in [6.45, 7) is 5.35. The number of carbonyl (C=O) groups is 2. The Morgan fingerprint density at radius 2 is 0.736 bits per heavy atom. The number of carbonyl (C=O) groups excluding carboxylic acids is 2. The van der Waals surface area contributed by atoms with Crippen LogP contribution in [-0.2, 0) is 42.7 Å². The van der Waals surface area contributed by atoms with Crippen LogP contribution in [0.5, 0.6) is 0 Å². The Kier molecular flexibility index (Phi) is 17.1. The van der Waals surface area contributed by atoms with Gasteiger partial charge in [-0.05, 0) is 51.4 Å². The maximum Gasteiger partial charge on any atom is 0.309 e. The van der Waals surface area contributed by atoms with E-state index >= 15 is 0 Å². The molecule has 5 aliphatic heterocycles. The number of hydrogen-bond donors (Lipinski definition) is 0. The van der Waals surface area contributed by atoms with Crippen molar-refractivity contribution in [3.05, 3.63) is 0 Å². The standard InChI is InChI=1S/C44H74O9/c1-3-5-15-21-33-39(49-33)29-41-35(51-41)23-17-11-7-9-13-19-25-47-43(45)31-27-37-38(53-37)28-32(31)44(46)48-26-20-14-10-8-12-18-24-36-42(52-36)30-40-34(50-40)22-16-6-4-2/h31-42H,3-30H2,1-2H3. The van der Waals surface area contributed by atoms with Gasteiger partial charge in [0.05, 0.1) is 86.1 Å². The van der Waals surface area contributed by atoms with E-state index in [2.05, 4.69) is 13.8 Å². The smallest absolute Gasteiger partial charge is 0.309 e. The van der Waals surface area contributed by atoms with Gasteiger partial charge in [0.1, 0.15) is 0 Å².